The minimum absolute atomic E-state index is 0.0338. The van der Waals surface area contributed by atoms with Gasteiger partial charge < -0.3 is 24.2 Å². The molecule has 2 aromatic rings. The highest BCUT2D eigenvalue weighted by atomic mass is 32.2. The van der Waals surface area contributed by atoms with Crippen LogP contribution in [0.2, 0.25) is 0 Å². The van der Waals surface area contributed by atoms with Crippen LogP contribution in [0.25, 0.3) is 0 Å². The van der Waals surface area contributed by atoms with Crippen molar-refractivity contribution in [3.05, 3.63) is 54.1 Å². The summed E-state index contributed by atoms with van der Waals surface area (Å²) in [6, 6.07) is 14.5. The second-order valence-electron chi connectivity index (χ2n) is 7.50. The van der Waals surface area contributed by atoms with Crippen LogP contribution in [0.3, 0.4) is 0 Å². The smallest absolute Gasteiger partial charge is 0.255 e. The second-order valence-corrected chi connectivity index (χ2v) is 8.50. The number of thioether (sulfide) groups is 1. The lowest BCUT2D eigenvalue weighted by atomic mass is 10.1. The van der Waals surface area contributed by atoms with Crippen molar-refractivity contribution in [2.45, 2.75) is 6.04 Å². The van der Waals surface area contributed by atoms with E-state index in [0.29, 0.717) is 36.0 Å². The van der Waals surface area contributed by atoms with Crippen molar-refractivity contribution >= 4 is 29.3 Å². The second kappa shape index (κ2) is 9.51. The quantitative estimate of drug-likeness (QED) is 0.711. The maximum Gasteiger partial charge on any atom is 0.255 e. The van der Waals surface area contributed by atoms with Gasteiger partial charge in [0.05, 0.1) is 25.8 Å². The maximum atomic E-state index is 13.3. The SMILES string of the molecule is COc1ccc(C(=O)N2CSCC2C(=O)N2CCN(c3ccccc3OC)CC2)cc1. The first-order chi connectivity index (χ1) is 15.1. The summed E-state index contributed by atoms with van der Waals surface area (Å²) in [5.74, 6) is 2.62. The molecule has 4 rings (SSSR count). The number of hydrogen-bond acceptors (Lipinski definition) is 6. The number of anilines is 1. The van der Waals surface area contributed by atoms with Gasteiger partial charge in [-0.15, -0.1) is 11.8 Å². The molecule has 2 saturated heterocycles. The Morgan fingerprint density at radius 2 is 1.65 bits per heavy atom. The van der Waals surface area contributed by atoms with E-state index in [1.54, 1.807) is 55.1 Å². The Hall–Kier alpha value is -2.87. The van der Waals surface area contributed by atoms with Gasteiger partial charge in [0.25, 0.3) is 5.91 Å². The summed E-state index contributed by atoms with van der Waals surface area (Å²) in [5, 5.41) is 0. The molecule has 1 atom stereocenters. The van der Waals surface area contributed by atoms with Crippen LogP contribution in [0, 0.1) is 0 Å². The van der Waals surface area contributed by atoms with E-state index in [0.717, 1.165) is 24.5 Å². The van der Waals surface area contributed by atoms with E-state index in [4.69, 9.17) is 9.47 Å². The van der Waals surface area contributed by atoms with Gasteiger partial charge in [-0.05, 0) is 36.4 Å². The number of ether oxygens (including phenoxy) is 2. The van der Waals surface area contributed by atoms with E-state index in [2.05, 4.69) is 4.90 Å². The van der Waals surface area contributed by atoms with Gasteiger partial charge in [-0.2, -0.15) is 0 Å². The van der Waals surface area contributed by atoms with Crippen LogP contribution in [-0.2, 0) is 4.79 Å². The highest BCUT2D eigenvalue weighted by Crippen LogP contribution is 2.29. The molecule has 8 heteroatoms. The predicted molar refractivity (Wildman–Crippen MR) is 122 cm³/mol. The molecule has 2 aliphatic rings. The van der Waals surface area contributed by atoms with Gasteiger partial charge >= 0.3 is 0 Å². The van der Waals surface area contributed by atoms with Crippen LogP contribution < -0.4 is 14.4 Å². The van der Waals surface area contributed by atoms with Gasteiger partial charge in [-0.3, -0.25) is 9.59 Å². The van der Waals surface area contributed by atoms with Crippen molar-refractivity contribution in [3.63, 3.8) is 0 Å². The number of carbonyl (C=O) groups is 2. The minimum atomic E-state index is -0.419. The third kappa shape index (κ3) is 4.44. The first-order valence-electron chi connectivity index (χ1n) is 10.3. The highest BCUT2D eigenvalue weighted by Gasteiger charge is 2.38. The zero-order chi connectivity index (χ0) is 21.8. The van der Waals surface area contributed by atoms with E-state index in [1.165, 1.54) is 0 Å². The summed E-state index contributed by atoms with van der Waals surface area (Å²) in [6.07, 6.45) is 0. The monoisotopic (exact) mass is 441 g/mol. The fourth-order valence-corrected chi connectivity index (χ4v) is 5.16. The Balaban J connectivity index is 1.40. The number of rotatable bonds is 5. The number of piperazine rings is 1. The number of methoxy groups -OCH3 is 2. The van der Waals surface area contributed by atoms with E-state index < -0.39 is 6.04 Å². The maximum absolute atomic E-state index is 13.3. The van der Waals surface area contributed by atoms with Crippen molar-refractivity contribution in [2.24, 2.45) is 0 Å². The van der Waals surface area contributed by atoms with Crippen LogP contribution in [-0.4, -0.2) is 79.7 Å². The fourth-order valence-electron chi connectivity index (χ4n) is 4.02. The van der Waals surface area contributed by atoms with Crippen molar-refractivity contribution < 1.29 is 19.1 Å². The van der Waals surface area contributed by atoms with Crippen LogP contribution in [0.4, 0.5) is 5.69 Å². The molecule has 0 aliphatic carbocycles. The van der Waals surface area contributed by atoms with Crippen LogP contribution in [0.1, 0.15) is 10.4 Å². The van der Waals surface area contributed by atoms with Crippen LogP contribution in [0.5, 0.6) is 11.5 Å². The molecular weight excluding hydrogens is 414 g/mol. The molecule has 0 N–H and O–H groups in total. The molecule has 2 heterocycles. The van der Waals surface area contributed by atoms with Gasteiger partial charge in [-0.1, -0.05) is 12.1 Å². The topological polar surface area (TPSA) is 62.3 Å². The van der Waals surface area contributed by atoms with Gasteiger partial charge in [0.15, 0.2) is 0 Å². The first-order valence-corrected chi connectivity index (χ1v) is 11.5. The number of para-hydroxylation sites is 2. The lowest BCUT2D eigenvalue weighted by Gasteiger charge is -2.38. The van der Waals surface area contributed by atoms with Crippen LogP contribution >= 0.6 is 11.8 Å². The molecule has 164 valence electrons. The van der Waals surface area contributed by atoms with E-state index in [-0.39, 0.29) is 11.8 Å². The molecule has 0 aromatic heterocycles. The zero-order valence-electron chi connectivity index (χ0n) is 17.8. The molecule has 1 unspecified atom stereocenters. The Morgan fingerprint density at radius 3 is 2.32 bits per heavy atom. The third-order valence-electron chi connectivity index (χ3n) is 5.78. The first kappa shape index (κ1) is 21.4. The number of hydrogen-bond donors (Lipinski definition) is 0. The summed E-state index contributed by atoms with van der Waals surface area (Å²) in [7, 11) is 3.26. The molecular formula is C23H27N3O4S. The molecule has 7 nitrogen and oxygen atoms in total. The minimum Gasteiger partial charge on any atom is -0.497 e. The van der Waals surface area contributed by atoms with Gasteiger partial charge in [-0.25, -0.2) is 0 Å². The fraction of sp³-hybridized carbons (Fsp3) is 0.391. The summed E-state index contributed by atoms with van der Waals surface area (Å²) >= 11 is 1.62. The van der Waals surface area contributed by atoms with Crippen molar-refractivity contribution in [1.29, 1.82) is 0 Å². The number of benzene rings is 2. The Labute approximate surface area is 186 Å². The average molecular weight is 442 g/mol. The molecule has 0 radical (unpaired) electrons. The molecule has 0 saturated carbocycles. The molecule has 2 aliphatic heterocycles. The average Bonchev–Trinajstić information content (AvgIpc) is 3.33. The third-order valence-corrected chi connectivity index (χ3v) is 6.79. The molecule has 2 aromatic carbocycles. The molecule has 2 fully saturated rings. The predicted octanol–water partition coefficient (Wildman–Crippen LogP) is 2.57. The molecule has 0 bridgehead atoms. The summed E-state index contributed by atoms with van der Waals surface area (Å²) in [5.41, 5.74) is 1.62. The molecule has 0 spiro atoms. The Kier molecular flexibility index (Phi) is 6.56. The number of carbonyl (C=O) groups excluding carboxylic acids is 2. The van der Waals surface area contributed by atoms with Gasteiger partial charge in [0.1, 0.15) is 17.5 Å². The summed E-state index contributed by atoms with van der Waals surface area (Å²) < 4.78 is 10.6. The van der Waals surface area contributed by atoms with Crippen molar-refractivity contribution in [2.75, 3.05) is 56.9 Å². The van der Waals surface area contributed by atoms with Gasteiger partial charge in [0, 0.05) is 37.5 Å². The lowest BCUT2D eigenvalue weighted by molar-refractivity contribution is -0.135. The summed E-state index contributed by atoms with van der Waals surface area (Å²) in [6.45, 7) is 2.72. The highest BCUT2D eigenvalue weighted by molar-refractivity contribution is 7.99. The lowest BCUT2D eigenvalue weighted by Crippen LogP contribution is -2.55. The van der Waals surface area contributed by atoms with Crippen molar-refractivity contribution in [1.82, 2.24) is 9.80 Å². The Morgan fingerprint density at radius 1 is 0.935 bits per heavy atom. The molecule has 31 heavy (non-hydrogen) atoms. The van der Waals surface area contributed by atoms with Crippen LogP contribution in [0.15, 0.2) is 48.5 Å². The number of amides is 2. The standard InChI is InChI=1S/C23H27N3O4S/c1-29-18-9-7-17(8-10-18)22(27)26-16-31-15-20(26)23(28)25-13-11-24(12-14-25)19-5-3-4-6-21(19)30-2/h3-10,20H,11-16H2,1-2H3. The van der Waals surface area contributed by atoms with Gasteiger partial charge in [0.2, 0.25) is 5.91 Å². The Bertz CT molecular complexity index is 929. The summed E-state index contributed by atoms with van der Waals surface area (Å²) in [4.78, 5) is 32.1. The molecule has 2 amide bonds. The largest absolute Gasteiger partial charge is 0.497 e. The van der Waals surface area contributed by atoms with E-state index in [1.807, 2.05) is 29.2 Å². The normalized spacial score (nSPS) is 18.8. The zero-order valence-corrected chi connectivity index (χ0v) is 18.6. The van der Waals surface area contributed by atoms with E-state index >= 15 is 0 Å². The number of nitrogens with zero attached hydrogens (tertiary/aromatic N) is 3. The van der Waals surface area contributed by atoms with E-state index in [9.17, 15) is 9.59 Å². The van der Waals surface area contributed by atoms with Crippen molar-refractivity contribution in [3.8, 4) is 11.5 Å².